The highest BCUT2D eigenvalue weighted by atomic mass is 16.3. The number of primary amides is 1. The minimum atomic E-state index is -2.76. The van der Waals surface area contributed by atoms with E-state index in [2.05, 4.69) is 10.6 Å². The zero-order chi connectivity index (χ0) is 26.7. The van der Waals surface area contributed by atoms with Gasteiger partial charge in [0, 0.05) is 13.0 Å². The number of ketones is 4. The first-order valence-corrected chi connectivity index (χ1v) is 11.5. The molecule has 0 aromatic heterocycles. The molecule has 3 aliphatic carbocycles. The lowest BCUT2D eigenvalue weighted by Gasteiger charge is -2.52. The number of phenolic OH excluding ortho intramolecular Hbond substituents is 1. The average Bonchev–Trinajstić information content (AvgIpc) is 2.80. The van der Waals surface area contributed by atoms with Crippen LogP contribution in [0.2, 0.25) is 0 Å². The summed E-state index contributed by atoms with van der Waals surface area (Å²) in [4.78, 5) is 78.5. The Morgan fingerprint density at radius 3 is 2.42 bits per heavy atom. The van der Waals surface area contributed by atoms with Crippen LogP contribution in [-0.2, 0) is 30.4 Å². The third-order valence-electron chi connectivity index (χ3n) is 7.65. The fourth-order valence-corrected chi connectivity index (χ4v) is 5.99. The summed E-state index contributed by atoms with van der Waals surface area (Å²) in [5.74, 6) is -11.4. The Kier molecular flexibility index (Phi) is 6.21. The van der Waals surface area contributed by atoms with Gasteiger partial charge in [0.05, 0.1) is 29.8 Å². The van der Waals surface area contributed by atoms with Crippen LogP contribution in [0.15, 0.2) is 12.1 Å². The van der Waals surface area contributed by atoms with Gasteiger partial charge in [-0.2, -0.15) is 0 Å². The molecule has 3 aliphatic rings. The van der Waals surface area contributed by atoms with Crippen molar-refractivity contribution in [1.29, 1.82) is 0 Å². The number of rotatable bonds is 5. The van der Waals surface area contributed by atoms with Crippen molar-refractivity contribution < 1.29 is 39.0 Å². The van der Waals surface area contributed by atoms with E-state index < -0.39 is 70.1 Å². The Morgan fingerprint density at radius 2 is 1.83 bits per heavy atom. The molecule has 6 atom stereocenters. The molecule has 4 rings (SSSR count). The molecule has 1 aromatic rings. The van der Waals surface area contributed by atoms with Gasteiger partial charge in [-0.1, -0.05) is 6.07 Å². The predicted octanol–water partition coefficient (Wildman–Crippen LogP) is -1.98. The Bertz CT molecular complexity index is 1210. The number of fused-ring (bicyclic) bond motifs is 3. The summed E-state index contributed by atoms with van der Waals surface area (Å²) in [5.41, 5.74) is 2.97. The number of aromatic hydroxyl groups is 1. The molecule has 2 saturated carbocycles. The maximum Gasteiger partial charge on any atom is 0.239 e. The highest BCUT2D eigenvalue weighted by Gasteiger charge is 2.69. The van der Waals surface area contributed by atoms with E-state index in [1.54, 1.807) is 6.07 Å². The number of benzene rings is 1. The highest BCUT2D eigenvalue weighted by molar-refractivity contribution is 6.32. The molecule has 0 radical (unpaired) electrons. The molecule has 0 bridgehead atoms. The number of nitrogens with zero attached hydrogens (tertiary/aromatic N) is 1. The van der Waals surface area contributed by atoms with E-state index in [0.717, 1.165) is 0 Å². The molecule has 2 fully saturated rings. The number of hydrogen-bond donors (Lipinski definition) is 5. The summed E-state index contributed by atoms with van der Waals surface area (Å²) < 4.78 is 0. The van der Waals surface area contributed by atoms with Crippen molar-refractivity contribution in [2.75, 3.05) is 33.0 Å². The summed E-state index contributed by atoms with van der Waals surface area (Å²) in [6, 6.07) is 1.97. The number of amides is 2. The number of Topliss-reactive ketones (excluding diaryl/α,β-unsaturated/α-hetero) is 4. The quantitative estimate of drug-likeness (QED) is 0.223. The summed E-state index contributed by atoms with van der Waals surface area (Å²) in [7, 11) is 4.50. The van der Waals surface area contributed by atoms with Gasteiger partial charge in [0.1, 0.15) is 5.75 Å². The van der Waals surface area contributed by atoms with Crippen LogP contribution in [0.25, 0.3) is 0 Å². The first-order valence-electron chi connectivity index (χ1n) is 11.5. The second kappa shape index (κ2) is 8.79. The first-order chi connectivity index (χ1) is 16.9. The Morgan fingerprint density at radius 1 is 1.17 bits per heavy atom. The maximum atomic E-state index is 13.7. The van der Waals surface area contributed by atoms with Crippen molar-refractivity contribution in [1.82, 2.24) is 10.2 Å². The third kappa shape index (κ3) is 3.51. The molecule has 5 unspecified atom stereocenters. The molecule has 192 valence electrons. The van der Waals surface area contributed by atoms with E-state index in [1.165, 1.54) is 32.1 Å². The second-order valence-corrected chi connectivity index (χ2v) is 9.81. The van der Waals surface area contributed by atoms with Crippen LogP contribution in [0.1, 0.15) is 22.3 Å². The molecule has 12 heteroatoms. The standard InChI is InChI=1S/C24H28N4O8/c1-26-13(29)8-27-12-5-4-9-6-10-7-11-17(28(2)3)20(32)16(23(25)35)22(34)24(11,36)21(33)15(10)19(31)14(9)18(12)30/h4-5,10-11,15-17,27,30,36H,6-8H2,1-3H3,(H2,25,35)(H,26,29)/t10?,11?,15?,16?,17-,24?/m0/s1. The number of carbonyl (C=O) groups excluding carboxylic acids is 6. The Labute approximate surface area is 206 Å². The molecule has 6 N–H and O–H groups in total. The molecule has 36 heavy (non-hydrogen) atoms. The fraction of sp³-hybridized carbons (Fsp3) is 0.500. The summed E-state index contributed by atoms with van der Waals surface area (Å²) in [5, 5.41) is 27.5. The van der Waals surface area contributed by atoms with Crippen molar-refractivity contribution in [3.8, 4) is 5.75 Å². The number of phenols is 1. The van der Waals surface area contributed by atoms with Gasteiger partial charge in [-0.15, -0.1) is 0 Å². The SMILES string of the molecule is CNC(=O)CNc1ccc2c(c1O)C(=O)C1C(=O)C3(O)C(=O)C(C(N)=O)C(=O)[C@@H](N(C)C)C3CC1C2. The van der Waals surface area contributed by atoms with E-state index in [0.29, 0.717) is 5.56 Å². The molecule has 0 saturated heterocycles. The number of nitrogens with one attached hydrogen (secondary N) is 2. The molecular formula is C24H28N4O8. The topological polar surface area (TPSA) is 196 Å². The van der Waals surface area contributed by atoms with Gasteiger partial charge in [-0.3, -0.25) is 33.7 Å². The lowest BCUT2D eigenvalue weighted by molar-refractivity contribution is -0.181. The van der Waals surface area contributed by atoms with Crippen LogP contribution in [0.3, 0.4) is 0 Å². The smallest absolute Gasteiger partial charge is 0.239 e. The summed E-state index contributed by atoms with van der Waals surface area (Å²) in [6.07, 6.45) is 0.163. The lowest BCUT2D eigenvalue weighted by Crippen LogP contribution is -2.74. The fourth-order valence-electron chi connectivity index (χ4n) is 5.99. The monoisotopic (exact) mass is 500 g/mol. The van der Waals surface area contributed by atoms with Gasteiger partial charge in [-0.25, -0.2) is 0 Å². The van der Waals surface area contributed by atoms with Crippen LogP contribution in [0.4, 0.5) is 5.69 Å². The van der Waals surface area contributed by atoms with Gasteiger partial charge in [0.2, 0.25) is 11.8 Å². The van der Waals surface area contributed by atoms with Gasteiger partial charge in [-0.05, 0) is 44.5 Å². The molecule has 0 heterocycles. The molecule has 12 nitrogen and oxygen atoms in total. The highest BCUT2D eigenvalue weighted by Crippen LogP contribution is 2.51. The van der Waals surface area contributed by atoms with Crippen LogP contribution in [0.5, 0.6) is 5.75 Å². The Hall–Kier alpha value is -3.64. The Balaban J connectivity index is 1.78. The minimum Gasteiger partial charge on any atom is -0.505 e. The van der Waals surface area contributed by atoms with Crippen LogP contribution in [-0.4, -0.2) is 89.4 Å². The molecular weight excluding hydrogens is 472 g/mol. The second-order valence-electron chi connectivity index (χ2n) is 9.81. The first kappa shape index (κ1) is 25.5. The molecule has 0 aliphatic heterocycles. The average molecular weight is 501 g/mol. The van der Waals surface area contributed by atoms with E-state index >= 15 is 0 Å². The number of nitrogens with two attached hydrogens (primary N) is 1. The maximum absolute atomic E-state index is 13.7. The number of likely N-dealkylation sites (N-methyl/N-ethyl adjacent to an activating group) is 2. The minimum absolute atomic E-state index is 0.0126. The van der Waals surface area contributed by atoms with Crippen LogP contribution < -0.4 is 16.4 Å². The van der Waals surface area contributed by atoms with Crippen molar-refractivity contribution >= 4 is 40.6 Å². The van der Waals surface area contributed by atoms with E-state index in [1.807, 2.05) is 0 Å². The molecule has 0 spiro atoms. The van der Waals surface area contributed by atoms with Crippen molar-refractivity contribution in [2.45, 2.75) is 24.5 Å². The van der Waals surface area contributed by atoms with Crippen LogP contribution in [0, 0.1) is 23.7 Å². The number of hydrogen-bond acceptors (Lipinski definition) is 10. The zero-order valence-electron chi connectivity index (χ0n) is 20.0. The van der Waals surface area contributed by atoms with Crippen molar-refractivity contribution in [3.05, 3.63) is 23.3 Å². The van der Waals surface area contributed by atoms with E-state index in [9.17, 15) is 39.0 Å². The third-order valence-corrected chi connectivity index (χ3v) is 7.65. The number of aliphatic hydroxyl groups is 1. The van der Waals surface area contributed by atoms with Gasteiger partial charge < -0.3 is 26.6 Å². The van der Waals surface area contributed by atoms with E-state index in [4.69, 9.17) is 5.73 Å². The zero-order valence-corrected chi connectivity index (χ0v) is 20.0. The molecule has 2 amide bonds. The number of anilines is 1. The molecule has 1 aromatic carbocycles. The summed E-state index contributed by atoms with van der Waals surface area (Å²) in [6.45, 7) is -0.174. The largest absolute Gasteiger partial charge is 0.505 e. The van der Waals surface area contributed by atoms with Crippen molar-refractivity contribution in [3.63, 3.8) is 0 Å². The normalized spacial score (nSPS) is 31.4. The van der Waals surface area contributed by atoms with Gasteiger partial charge in [0.15, 0.2) is 34.7 Å². The predicted molar refractivity (Wildman–Crippen MR) is 124 cm³/mol. The van der Waals surface area contributed by atoms with Gasteiger partial charge >= 0.3 is 0 Å². The van der Waals surface area contributed by atoms with E-state index in [-0.39, 0.29) is 36.5 Å². The van der Waals surface area contributed by atoms with Crippen LogP contribution >= 0.6 is 0 Å². The van der Waals surface area contributed by atoms with Crippen molar-refractivity contribution in [2.24, 2.45) is 29.4 Å². The summed E-state index contributed by atoms with van der Waals surface area (Å²) >= 11 is 0. The van der Waals surface area contributed by atoms with Gasteiger partial charge in [0.25, 0.3) is 0 Å². The lowest BCUT2D eigenvalue weighted by atomic mass is 9.52. The number of carbonyl (C=O) groups is 6.